The number of alkyl halides is 1. The van der Waals surface area contributed by atoms with E-state index < -0.39 is 17.1 Å². The number of benzene rings is 1. The Morgan fingerprint density at radius 2 is 1.93 bits per heavy atom. The predicted octanol–water partition coefficient (Wildman–Crippen LogP) is 0.638. The van der Waals surface area contributed by atoms with Crippen molar-refractivity contribution >= 4 is 10.7 Å². The van der Waals surface area contributed by atoms with Crippen LogP contribution in [0.5, 0.6) is 0 Å². The van der Waals surface area contributed by atoms with E-state index in [1.807, 2.05) is 0 Å². The lowest BCUT2D eigenvalue weighted by molar-refractivity contribution is 0.0760. The van der Waals surface area contributed by atoms with Gasteiger partial charge in [-0.15, -0.1) is 0 Å². The summed E-state index contributed by atoms with van der Waals surface area (Å²) in [5, 5.41) is 8.40. The largest absolute Gasteiger partial charge is 0.364 e. The molecule has 0 aliphatic heterocycles. The molecular formula is C9H10FO3S. The second-order valence-corrected chi connectivity index (χ2v) is 3.75. The van der Waals surface area contributed by atoms with E-state index in [9.17, 15) is 12.8 Å². The van der Waals surface area contributed by atoms with E-state index in [-0.39, 0.29) is 5.75 Å². The van der Waals surface area contributed by atoms with Crippen molar-refractivity contribution in [1.29, 1.82) is 0 Å². The number of rotatable bonds is 4. The summed E-state index contributed by atoms with van der Waals surface area (Å²) in [6.45, 7) is 0. The lowest BCUT2D eigenvalue weighted by atomic mass is 10.1. The Balaban J connectivity index is 2.68. The molecule has 0 amide bonds. The van der Waals surface area contributed by atoms with Crippen LogP contribution < -0.4 is 0 Å². The van der Waals surface area contributed by atoms with Gasteiger partial charge in [0, 0.05) is 0 Å². The topological polar surface area (TPSA) is 54.4 Å². The Labute approximate surface area is 83.1 Å². The molecule has 0 aliphatic carbocycles. The molecule has 1 aromatic rings. The molecule has 0 saturated heterocycles. The molecule has 1 N–H and O–H groups in total. The Morgan fingerprint density at radius 1 is 1.36 bits per heavy atom. The lowest BCUT2D eigenvalue weighted by Crippen LogP contribution is -1.99. The third-order valence-electron chi connectivity index (χ3n) is 1.62. The smallest absolute Gasteiger partial charge is 0.204 e. The van der Waals surface area contributed by atoms with Crippen molar-refractivity contribution in [2.24, 2.45) is 0 Å². The fourth-order valence-electron chi connectivity index (χ4n) is 1.04. The summed E-state index contributed by atoms with van der Waals surface area (Å²) in [5.74, 6) is -0.0200. The average molecular weight is 217 g/mol. The van der Waals surface area contributed by atoms with Gasteiger partial charge in [-0.3, -0.25) is 0 Å². The van der Waals surface area contributed by atoms with E-state index in [4.69, 9.17) is 5.11 Å². The molecule has 0 aliphatic rings. The third kappa shape index (κ3) is 3.85. The predicted molar refractivity (Wildman–Crippen MR) is 51.0 cm³/mol. The van der Waals surface area contributed by atoms with E-state index in [0.29, 0.717) is 11.1 Å². The van der Waals surface area contributed by atoms with Gasteiger partial charge in [0.05, 0.1) is 12.2 Å². The molecule has 1 unspecified atom stereocenters. The van der Waals surface area contributed by atoms with Crippen LogP contribution >= 0.6 is 0 Å². The number of halogens is 1. The maximum atomic E-state index is 12.1. The molecule has 1 rings (SSSR count). The Hall–Kier alpha value is -0.940. The van der Waals surface area contributed by atoms with Crippen molar-refractivity contribution in [3.05, 3.63) is 41.8 Å². The normalized spacial score (nSPS) is 13.1. The Morgan fingerprint density at radius 3 is 2.36 bits per heavy atom. The summed E-state index contributed by atoms with van der Waals surface area (Å²) in [6.07, 6.45) is -0.960. The molecule has 0 fully saturated rings. The van der Waals surface area contributed by atoms with Crippen LogP contribution in [-0.2, 0) is 16.5 Å². The summed E-state index contributed by atoms with van der Waals surface area (Å²) in [5.41, 5.74) is 1.16. The van der Waals surface area contributed by atoms with Crippen molar-refractivity contribution in [3.63, 3.8) is 0 Å². The number of aliphatic hydroxyl groups is 1. The van der Waals surface area contributed by atoms with E-state index >= 15 is 0 Å². The second-order valence-electron chi connectivity index (χ2n) is 2.77. The van der Waals surface area contributed by atoms with Gasteiger partial charge in [0.1, 0.15) is 10.7 Å². The van der Waals surface area contributed by atoms with E-state index in [1.54, 1.807) is 24.3 Å². The lowest BCUT2D eigenvalue weighted by Gasteiger charge is -2.01. The number of hydrogen-bond acceptors (Lipinski definition) is 3. The first kappa shape index (κ1) is 11.1. The molecule has 77 valence electrons. The highest BCUT2D eigenvalue weighted by Crippen LogP contribution is 2.09. The van der Waals surface area contributed by atoms with Crippen molar-refractivity contribution in [2.75, 3.05) is 0 Å². The second kappa shape index (κ2) is 5.07. The van der Waals surface area contributed by atoms with Gasteiger partial charge in [-0.05, 0) is 11.1 Å². The highest BCUT2D eigenvalue weighted by Gasteiger charge is 2.02. The first-order chi connectivity index (χ1) is 6.58. The highest BCUT2D eigenvalue weighted by atomic mass is 32.2. The van der Waals surface area contributed by atoms with Gasteiger partial charge in [0.2, 0.25) is 6.36 Å². The van der Waals surface area contributed by atoms with E-state index in [0.717, 1.165) is 6.42 Å². The van der Waals surface area contributed by atoms with Gasteiger partial charge >= 0.3 is 0 Å². The molecule has 1 aromatic carbocycles. The van der Waals surface area contributed by atoms with Crippen LogP contribution in [0.1, 0.15) is 11.1 Å². The quantitative estimate of drug-likeness (QED) is 0.728. The van der Waals surface area contributed by atoms with Gasteiger partial charge in [0.15, 0.2) is 0 Å². The standard InChI is InChI=1S/C9H10FO3S/c10-9(11)5-7-1-3-8(4-2-7)6-14(12)13/h1-5,9,11,14H,6H2. The van der Waals surface area contributed by atoms with E-state index in [1.165, 1.54) is 0 Å². The molecule has 0 spiro atoms. The first-order valence-corrected chi connectivity index (χ1v) is 5.32. The highest BCUT2D eigenvalue weighted by molar-refractivity contribution is 7.71. The van der Waals surface area contributed by atoms with Crippen molar-refractivity contribution in [2.45, 2.75) is 12.1 Å². The molecule has 1 atom stereocenters. The van der Waals surface area contributed by atoms with Crippen molar-refractivity contribution in [3.8, 4) is 0 Å². The minimum absolute atomic E-state index is 0.0200. The van der Waals surface area contributed by atoms with Gasteiger partial charge in [-0.1, -0.05) is 24.3 Å². The number of thiol groups is 1. The summed E-state index contributed by atoms with van der Waals surface area (Å²) in [7, 11) is -2.44. The molecule has 1 radical (unpaired) electrons. The SMILES string of the molecule is O=[SH](=O)Cc1ccc([CH]C(O)F)cc1. The maximum absolute atomic E-state index is 12.1. The van der Waals surface area contributed by atoms with Gasteiger partial charge in [-0.2, -0.15) is 0 Å². The summed E-state index contributed by atoms with van der Waals surface area (Å²) in [6, 6.07) is 6.27. The zero-order valence-corrected chi connectivity index (χ0v) is 8.15. The molecule has 0 heterocycles. The number of hydrogen-bond donors (Lipinski definition) is 2. The molecule has 3 nitrogen and oxygen atoms in total. The van der Waals surface area contributed by atoms with Crippen molar-refractivity contribution in [1.82, 2.24) is 0 Å². The van der Waals surface area contributed by atoms with Gasteiger partial charge < -0.3 is 5.11 Å². The Bertz CT molecular complexity index is 349. The van der Waals surface area contributed by atoms with Crippen LogP contribution in [0, 0.1) is 6.42 Å². The van der Waals surface area contributed by atoms with Crippen LogP contribution in [-0.4, -0.2) is 19.9 Å². The molecule has 5 heteroatoms. The van der Waals surface area contributed by atoms with Crippen LogP contribution in [0.2, 0.25) is 0 Å². The number of aliphatic hydroxyl groups excluding tert-OH is 1. The zero-order chi connectivity index (χ0) is 10.6. The fraction of sp³-hybridized carbons (Fsp3) is 0.222. The Kier molecular flexibility index (Phi) is 4.03. The fourth-order valence-corrected chi connectivity index (χ4v) is 1.55. The molecule has 14 heavy (non-hydrogen) atoms. The average Bonchev–Trinajstić information content (AvgIpc) is 2.06. The minimum Gasteiger partial charge on any atom is -0.364 e. The van der Waals surface area contributed by atoms with Crippen LogP contribution in [0.15, 0.2) is 24.3 Å². The van der Waals surface area contributed by atoms with Gasteiger partial charge in [0.25, 0.3) is 0 Å². The van der Waals surface area contributed by atoms with E-state index in [2.05, 4.69) is 0 Å². The summed E-state index contributed by atoms with van der Waals surface area (Å²) >= 11 is 0. The minimum atomic E-state index is -2.44. The summed E-state index contributed by atoms with van der Waals surface area (Å²) in [4.78, 5) is 0. The van der Waals surface area contributed by atoms with Crippen molar-refractivity contribution < 1.29 is 17.9 Å². The van der Waals surface area contributed by atoms with Gasteiger partial charge in [-0.25, -0.2) is 12.8 Å². The third-order valence-corrected chi connectivity index (χ3v) is 2.24. The van der Waals surface area contributed by atoms with Crippen LogP contribution in [0.3, 0.4) is 0 Å². The molecule has 0 saturated carbocycles. The molecule has 0 bridgehead atoms. The van der Waals surface area contributed by atoms with Crippen LogP contribution in [0.4, 0.5) is 4.39 Å². The molecule has 0 aromatic heterocycles. The van der Waals surface area contributed by atoms with Crippen LogP contribution in [0.25, 0.3) is 0 Å². The maximum Gasteiger partial charge on any atom is 0.204 e. The summed E-state index contributed by atoms with van der Waals surface area (Å²) < 4.78 is 32.8. The zero-order valence-electron chi connectivity index (χ0n) is 7.26. The first-order valence-electron chi connectivity index (χ1n) is 3.95. The monoisotopic (exact) mass is 217 g/mol. The molecular weight excluding hydrogens is 207 g/mol.